The van der Waals surface area contributed by atoms with Crippen molar-refractivity contribution in [3.63, 3.8) is 0 Å². The van der Waals surface area contributed by atoms with E-state index in [1.54, 1.807) is 0 Å². The van der Waals surface area contributed by atoms with E-state index in [4.69, 9.17) is 9.72 Å². The Morgan fingerprint density at radius 1 is 0.500 bits per heavy atom. The van der Waals surface area contributed by atoms with Gasteiger partial charge < -0.3 is 19.1 Å². The zero-order chi connectivity index (χ0) is 44.0. The molecule has 0 radical (unpaired) electrons. The normalized spacial score (nSPS) is 13.8. The van der Waals surface area contributed by atoms with Crippen LogP contribution in [0.4, 0.5) is 22.7 Å². The Labute approximate surface area is 385 Å². The van der Waals surface area contributed by atoms with Crippen molar-refractivity contribution < 1.29 is 25.8 Å². The summed E-state index contributed by atoms with van der Waals surface area (Å²) in [6, 6.07) is 43.0. The molecule has 7 aromatic rings. The Bertz CT molecular complexity index is 2800. The van der Waals surface area contributed by atoms with E-state index in [0.717, 1.165) is 55.9 Å². The molecule has 1 aliphatic rings. The number of rotatable bonds is 5. The largest absolute Gasteiger partial charge is 0.509 e. The fraction of sp³-hybridized carbons (Fsp3) is 0.357. The first-order valence-corrected chi connectivity index (χ1v) is 21.8. The summed E-state index contributed by atoms with van der Waals surface area (Å²) < 4.78 is 9.14. The molecule has 0 fully saturated rings. The van der Waals surface area contributed by atoms with Crippen molar-refractivity contribution in [1.29, 1.82) is 0 Å². The van der Waals surface area contributed by atoms with Gasteiger partial charge in [-0.25, -0.2) is 4.98 Å². The molecule has 3 heterocycles. The van der Waals surface area contributed by atoms with Gasteiger partial charge in [0.05, 0.1) is 0 Å². The molecule has 326 valence electrons. The molecular weight excluding hydrogens is 940 g/mol. The van der Waals surface area contributed by atoms with Gasteiger partial charge in [0.1, 0.15) is 5.82 Å². The quantitative estimate of drug-likeness (QED) is 0.161. The molecule has 5 nitrogen and oxygen atoms in total. The summed E-state index contributed by atoms with van der Waals surface area (Å²) in [4.78, 5) is 9.55. The summed E-state index contributed by atoms with van der Waals surface area (Å²) in [7, 11) is 0. The molecule has 6 heteroatoms. The van der Waals surface area contributed by atoms with Crippen molar-refractivity contribution in [2.24, 2.45) is 0 Å². The maximum absolute atomic E-state index is 6.88. The molecule has 0 saturated carbocycles. The molecule has 5 aromatic carbocycles. The maximum atomic E-state index is 6.88. The van der Waals surface area contributed by atoms with Crippen LogP contribution in [0.5, 0.6) is 11.5 Å². The standard InChI is InChI=1S/C56H63N4O.Pt/c1-52(2,3)36-17-16-18-41(27-36)58-35-59(47-24-20-38(31-50(47)58)54(7,8)9)42-28-40(56(13,14)15)29-44(33-42)61-43-21-23-46-45-22-19-37(53(4,5)6)30-48(45)60(49(46)34-43)51-32-39(25-26-57-51)55(10,11)12;/h16-32,35H,1-15H3;/q-3;. The predicted molar refractivity (Wildman–Crippen MR) is 258 cm³/mol. The van der Waals surface area contributed by atoms with Gasteiger partial charge in [0.2, 0.25) is 0 Å². The van der Waals surface area contributed by atoms with Gasteiger partial charge >= 0.3 is 0 Å². The van der Waals surface area contributed by atoms with Crippen LogP contribution in [-0.4, -0.2) is 9.55 Å². The van der Waals surface area contributed by atoms with Crippen molar-refractivity contribution in [3.8, 4) is 17.3 Å². The van der Waals surface area contributed by atoms with Gasteiger partial charge in [0.25, 0.3) is 0 Å². The minimum Gasteiger partial charge on any atom is -0.509 e. The van der Waals surface area contributed by atoms with Crippen molar-refractivity contribution in [2.45, 2.75) is 131 Å². The van der Waals surface area contributed by atoms with Crippen LogP contribution in [0.25, 0.3) is 27.6 Å². The predicted octanol–water partition coefficient (Wildman–Crippen LogP) is 15.5. The minimum atomic E-state index is -0.157. The van der Waals surface area contributed by atoms with Gasteiger partial charge in [-0.1, -0.05) is 140 Å². The molecule has 1 aliphatic heterocycles. The SMILES string of the molecule is CC(C)(C)c1cc(Oc2[c-]c3c(cc2)c2ccc(C(C)(C)C)cc2n3-c2cc(C(C)(C)C)ccn2)[c-]c(N2[CH-]N(c3cccc(C(C)(C)C)c3)c3cc(C(C)(C)C)ccc32)c1.[Pt]. The maximum Gasteiger partial charge on any atom is 0.135 e. The summed E-state index contributed by atoms with van der Waals surface area (Å²) in [5.74, 6) is 2.12. The van der Waals surface area contributed by atoms with Gasteiger partial charge in [0.15, 0.2) is 0 Å². The van der Waals surface area contributed by atoms with E-state index in [1.807, 2.05) is 12.3 Å². The van der Waals surface area contributed by atoms with Crippen LogP contribution in [0.3, 0.4) is 0 Å². The molecule has 8 rings (SSSR count). The molecule has 0 spiro atoms. The number of pyridine rings is 1. The number of hydrogen-bond acceptors (Lipinski definition) is 4. The monoisotopic (exact) mass is 1000 g/mol. The Morgan fingerprint density at radius 2 is 1.10 bits per heavy atom. The van der Waals surface area contributed by atoms with E-state index in [-0.39, 0.29) is 48.1 Å². The van der Waals surface area contributed by atoms with Crippen LogP contribution in [0.2, 0.25) is 0 Å². The second-order valence-electron chi connectivity index (χ2n) is 22.1. The van der Waals surface area contributed by atoms with E-state index in [0.29, 0.717) is 11.5 Å². The third-order valence-electron chi connectivity index (χ3n) is 12.1. The zero-order valence-electron chi connectivity index (χ0n) is 39.4. The molecule has 0 saturated heterocycles. The molecule has 0 aliphatic carbocycles. The smallest absolute Gasteiger partial charge is 0.135 e. The van der Waals surface area contributed by atoms with Crippen LogP contribution in [0.15, 0.2) is 103 Å². The molecule has 2 aromatic heterocycles. The number of anilines is 4. The third-order valence-corrected chi connectivity index (χ3v) is 12.1. The molecule has 0 unspecified atom stereocenters. The van der Waals surface area contributed by atoms with E-state index in [9.17, 15) is 0 Å². The van der Waals surface area contributed by atoms with Crippen molar-refractivity contribution in [2.75, 3.05) is 9.80 Å². The fourth-order valence-electron chi connectivity index (χ4n) is 8.10. The van der Waals surface area contributed by atoms with Crippen LogP contribution in [0, 0.1) is 18.8 Å². The van der Waals surface area contributed by atoms with E-state index in [1.165, 1.54) is 22.3 Å². The van der Waals surface area contributed by atoms with Gasteiger partial charge in [0, 0.05) is 61.3 Å². The molecule has 0 amide bonds. The number of nitrogens with zero attached hydrogens (tertiary/aromatic N) is 4. The van der Waals surface area contributed by atoms with Crippen molar-refractivity contribution in [1.82, 2.24) is 9.55 Å². The van der Waals surface area contributed by atoms with Gasteiger partial charge in [-0.15, -0.1) is 53.6 Å². The summed E-state index contributed by atoms with van der Waals surface area (Å²) in [6.45, 7) is 36.1. The minimum absolute atomic E-state index is 0. The average Bonchev–Trinajstić information content (AvgIpc) is 3.71. The molecule has 0 N–H and O–H groups in total. The average molecular weight is 1000 g/mol. The summed E-state index contributed by atoms with van der Waals surface area (Å²) in [5.41, 5.74) is 12.3. The zero-order valence-corrected chi connectivity index (χ0v) is 41.7. The Balaban J connectivity index is 0.00000578. The first kappa shape index (κ1) is 45.2. The molecule has 0 bridgehead atoms. The van der Waals surface area contributed by atoms with E-state index >= 15 is 0 Å². The van der Waals surface area contributed by atoms with Gasteiger partial charge in [-0.05, 0) is 97.2 Å². The molecule has 0 atom stereocenters. The number of fused-ring (bicyclic) bond motifs is 4. The summed E-state index contributed by atoms with van der Waals surface area (Å²) >= 11 is 0. The van der Waals surface area contributed by atoms with Crippen LogP contribution in [-0.2, 0) is 48.1 Å². The molecule has 62 heavy (non-hydrogen) atoms. The van der Waals surface area contributed by atoms with Crippen molar-refractivity contribution in [3.05, 3.63) is 150 Å². The van der Waals surface area contributed by atoms with E-state index in [2.05, 4.69) is 228 Å². The number of aromatic nitrogens is 2. The van der Waals surface area contributed by atoms with E-state index < -0.39 is 0 Å². The third kappa shape index (κ3) is 8.72. The summed E-state index contributed by atoms with van der Waals surface area (Å²) in [5, 5.41) is 2.26. The van der Waals surface area contributed by atoms with Gasteiger partial charge in [-0.2, -0.15) is 6.07 Å². The second kappa shape index (κ2) is 15.7. The topological polar surface area (TPSA) is 33.5 Å². The first-order valence-electron chi connectivity index (χ1n) is 21.8. The van der Waals surface area contributed by atoms with Crippen LogP contribution in [0.1, 0.15) is 132 Å². The number of benzene rings is 5. The van der Waals surface area contributed by atoms with Gasteiger partial charge in [-0.3, -0.25) is 0 Å². The Hall–Kier alpha value is -4.86. The number of ether oxygens (including phenoxy) is 1. The fourth-order valence-corrected chi connectivity index (χ4v) is 8.10. The molecular formula is C56H63N4OPt-3. The van der Waals surface area contributed by atoms with Crippen LogP contribution < -0.4 is 14.5 Å². The second-order valence-corrected chi connectivity index (χ2v) is 22.1. The number of hydrogen-bond donors (Lipinski definition) is 0. The Morgan fingerprint density at radius 3 is 1.76 bits per heavy atom. The summed E-state index contributed by atoms with van der Waals surface area (Å²) in [6.07, 6.45) is 1.93. The van der Waals surface area contributed by atoms with Crippen LogP contribution >= 0.6 is 0 Å². The van der Waals surface area contributed by atoms with Crippen molar-refractivity contribution >= 4 is 44.6 Å². The Kier molecular flexibility index (Phi) is 11.5. The first-order chi connectivity index (χ1) is 28.4.